The van der Waals surface area contributed by atoms with Gasteiger partial charge in [0, 0.05) is 31.4 Å². The van der Waals surface area contributed by atoms with Gasteiger partial charge in [0.15, 0.2) is 5.82 Å². The second-order valence-electron chi connectivity index (χ2n) is 7.16. The van der Waals surface area contributed by atoms with Gasteiger partial charge in [0.25, 0.3) is 5.91 Å². The molecular formula is C24H22N4O4. The Morgan fingerprint density at radius 1 is 1.16 bits per heavy atom. The van der Waals surface area contributed by atoms with Crippen LogP contribution in [0.5, 0.6) is 0 Å². The number of esters is 1. The van der Waals surface area contributed by atoms with E-state index in [1.807, 2.05) is 37.2 Å². The van der Waals surface area contributed by atoms with Crippen molar-refractivity contribution < 1.29 is 18.8 Å². The highest BCUT2D eigenvalue weighted by Crippen LogP contribution is 2.22. The molecule has 2 aromatic carbocycles. The molecule has 0 aliphatic heterocycles. The monoisotopic (exact) mass is 430 g/mol. The number of amides is 1. The third-order valence-electron chi connectivity index (χ3n) is 4.51. The van der Waals surface area contributed by atoms with Crippen LogP contribution in [-0.4, -0.2) is 31.1 Å². The molecule has 0 fully saturated rings. The lowest BCUT2D eigenvalue weighted by Crippen LogP contribution is -2.26. The van der Waals surface area contributed by atoms with Gasteiger partial charge in [-0.3, -0.25) is 4.79 Å². The zero-order valence-corrected chi connectivity index (χ0v) is 17.9. The first-order valence-electron chi connectivity index (χ1n) is 9.76. The summed E-state index contributed by atoms with van der Waals surface area (Å²) in [6, 6.07) is 19.2. The van der Waals surface area contributed by atoms with Gasteiger partial charge in [-0.05, 0) is 30.7 Å². The molecule has 8 nitrogen and oxygen atoms in total. The number of carbonyl (C=O) groups excluding carboxylic acids is 2. The molecule has 32 heavy (non-hydrogen) atoms. The molecule has 1 unspecified atom stereocenters. The van der Waals surface area contributed by atoms with Gasteiger partial charge in [0.2, 0.25) is 6.10 Å². The number of rotatable bonds is 7. The van der Waals surface area contributed by atoms with Crippen molar-refractivity contribution in [3.63, 3.8) is 0 Å². The van der Waals surface area contributed by atoms with E-state index in [2.05, 4.69) is 10.5 Å². The third-order valence-corrected chi connectivity index (χ3v) is 4.51. The first-order valence-corrected chi connectivity index (χ1v) is 9.76. The average molecular weight is 430 g/mol. The highest BCUT2D eigenvalue weighted by Gasteiger charge is 2.27. The molecule has 3 aromatic rings. The van der Waals surface area contributed by atoms with E-state index in [0.717, 1.165) is 5.69 Å². The maximum absolute atomic E-state index is 12.9. The Morgan fingerprint density at radius 3 is 2.41 bits per heavy atom. The molecule has 1 N–H and O–H groups in total. The van der Waals surface area contributed by atoms with Gasteiger partial charge in [0.05, 0.1) is 0 Å². The molecule has 1 heterocycles. The Bertz CT molecular complexity index is 1160. The van der Waals surface area contributed by atoms with Crippen molar-refractivity contribution >= 4 is 29.5 Å². The van der Waals surface area contributed by atoms with E-state index in [1.54, 1.807) is 55.5 Å². The lowest BCUT2D eigenvalue weighted by atomic mass is 10.1. The minimum absolute atomic E-state index is 0.196. The smallest absolute Gasteiger partial charge is 0.350 e. The Labute approximate surface area is 185 Å². The van der Waals surface area contributed by atoms with Crippen LogP contribution in [0.4, 0.5) is 11.5 Å². The number of nitriles is 1. The number of ether oxygens (including phenoxy) is 1. The maximum Gasteiger partial charge on any atom is 0.350 e. The number of aromatic nitrogens is 1. The minimum atomic E-state index is -1.28. The molecular weight excluding hydrogens is 408 g/mol. The van der Waals surface area contributed by atoms with E-state index in [9.17, 15) is 14.9 Å². The van der Waals surface area contributed by atoms with Crippen LogP contribution in [0.1, 0.15) is 23.0 Å². The predicted molar refractivity (Wildman–Crippen MR) is 120 cm³/mol. The van der Waals surface area contributed by atoms with Crippen LogP contribution in [0.15, 0.2) is 70.8 Å². The lowest BCUT2D eigenvalue weighted by Gasteiger charge is -2.17. The van der Waals surface area contributed by atoms with E-state index >= 15 is 0 Å². The van der Waals surface area contributed by atoms with Crippen LogP contribution in [0, 0.1) is 18.3 Å². The van der Waals surface area contributed by atoms with Gasteiger partial charge in [-0.25, -0.2) is 4.79 Å². The summed E-state index contributed by atoms with van der Waals surface area (Å²) in [5.74, 6) is -0.819. The number of carbonyl (C=O) groups is 2. The largest absolute Gasteiger partial charge is 0.443 e. The van der Waals surface area contributed by atoms with Crippen molar-refractivity contribution in [1.82, 2.24) is 5.16 Å². The fourth-order valence-corrected chi connectivity index (χ4v) is 2.86. The fourth-order valence-electron chi connectivity index (χ4n) is 2.86. The SMILES string of the molecule is Cc1cc(NC(=O)C(OC(=O)/C(C#N)=C/c2ccc(N(C)C)cc2)c2ccccc2)no1. The molecule has 1 amide bonds. The minimum Gasteiger partial charge on any atom is -0.443 e. The standard InChI is InChI=1S/C24H22N4O4/c1-16-13-21(27-32-16)26-23(29)22(18-7-5-4-6-8-18)31-24(30)19(15-25)14-17-9-11-20(12-10-17)28(2)3/h4-14,22H,1-3H3,(H,26,27,29)/b19-14+. The third kappa shape index (κ3) is 5.61. The summed E-state index contributed by atoms with van der Waals surface area (Å²) in [6.07, 6.45) is 0.136. The fraction of sp³-hybridized carbons (Fsp3) is 0.167. The zero-order chi connectivity index (χ0) is 23.1. The number of nitrogens with one attached hydrogen (secondary N) is 1. The van der Waals surface area contributed by atoms with Crippen molar-refractivity contribution in [3.8, 4) is 6.07 Å². The van der Waals surface area contributed by atoms with Gasteiger partial charge >= 0.3 is 5.97 Å². The quantitative estimate of drug-likeness (QED) is 0.344. The Hall–Kier alpha value is -4.38. The Balaban J connectivity index is 1.83. The summed E-state index contributed by atoms with van der Waals surface area (Å²) in [7, 11) is 3.83. The van der Waals surface area contributed by atoms with Crippen molar-refractivity contribution in [3.05, 3.63) is 83.1 Å². The van der Waals surface area contributed by atoms with Crippen molar-refractivity contribution in [2.45, 2.75) is 13.0 Å². The number of anilines is 2. The summed E-state index contributed by atoms with van der Waals surface area (Å²) in [4.78, 5) is 27.6. The van der Waals surface area contributed by atoms with Crippen LogP contribution in [-0.2, 0) is 14.3 Å². The number of benzene rings is 2. The highest BCUT2D eigenvalue weighted by atomic mass is 16.5. The van der Waals surface area contributed by atoms with E-state index in [0.29, 0.717) is 16.9 Å². The molecule has 0 bridgehead atoms. The number of hydrogen-bond acceptors (Lipinski definition) is 7. The molecule has 0 aliphatic carbocycles. The van der Waals surface area contributed by atoms with Gasteiger partial charge in [-0.2, -0.15) is 5.26 Å². The molecule has 8 heteroatoms. The number of aryl methyl sites for hydroxylation is 1. The van der Waals surface area contributed by atoms with Gasteiger partial charge < -0.3 is 19.5 Å². The van der Waals surface area contributed by atoms with Crippen molar-refractivity contribution in [2.24, 2.45) is 0 Å². The van der Waals surface area contributed by atoms with E-state index < -0.39 is 18.0 Å². The molecule has 0 aliphatic rings. The second kappa shape index (κ2) is 10.1. The molecule has 0 radical (unpaired) electrons. The normalized spacial score (nSPS) is 11.9. The summed E-state index contributed by atoms with van der Waals surface area (Å²) in [5, 5.41) is 15.8. The maximum atomic E-state index is 12.9. The van der Waals surface area contributed by atoms with Gasteiger partial charge in [-0.1, -0.05) is 47.6 Å². The Morgan fingerprint density at radius 2 is 1.84 bits per heavy atom. The molecule has 0 saturated carbocycles. The second-order valence-corrected chi connectivity index (χ2v) is 7.16. The number of hydrogen-bond donors (Lipinski definition) is 1. The summed E-state index contributed by atoms with van der Waals surface area (Å²) >= 11 is 0. The molecule has 0 saturated heterocycles. The van der Waals surface area contributed by atoms with E-state index in [1.165, 1.54) is 6.08 Å². The number of nitrogens with zero attached hydrogens (tertiary/aromatic N) is 3. The van der Waals surface area contributed by atoms with Gasteiger partial charge in [0.1, 0.15) is 17.4 Å². The lowest BCUT2D eigenvalue weighted by molar-refractivity contribution is -0.150. The summed E-state index contributed by atoms with van der Waals surface area (Å²) in [6.45, 7) is 1.69. The highest BCUT2D eigenvalue weighted by molar-refractivity contribution is 6.01. The molecule has 1 atom stereocenters. The average Bonchev–Trinajstić information content (AvgIpc) is 3.20. The topological polar surface area (TPSA) is 108 Å². The van der Waals surface area contributed by atoms with E-state index in [4.69, 9.17) is 9.26 Å². The summed E-state index contributed by atoms with van der Waals surface area (Å²) < 4.78 is 10.4. The predicted octanol–water partition coefficient (Wildman–Crippen LogP) is 3.88. The van der Waals surface area contributed by atoms with Crippen LogP contribution in [0.2, 0.25) is 0 Å². The first-order chi connectivity index (χ1) is 15.4. The van der Waals surface area contributed by atoms with Crippen LogP contribution in [0.25, 0.3) is 6.08 Å². The van der Waals surface area contributed by atoms with Crippen molar-refractivity contribution in [2.75, 3.05) is 24.3 Å². The first kappa shape index (κ1) is 22.3. The zero-order valence-electron chi connectivity index (χ0n) is 17.9. The molecule has 0 spiro atoms. The van der Waals surface area contributed by atoms with E-state index in [-0.39, 0.29) is 11.4 Å². The summed E-state index contributed by atoms with van der Waals surface area (Å²) in [5.41, 5.74) is 1.86. The van der Waals surface area contributed by atoms with Crippen LogP contribution in [0.3, 0.4) is 0 Å². The van der Waals surface area contributed by atoms with Crippen molar-refractivity contribution in [1.29, 1.82) is 5.26 Å². The molecule has 162 valence electrons. The molecule has 1 aromatic heterocycles. The molecule has 3 rings (SSSR count). The Kier molecular flexibility index (Phi) is 7.03. The van der Waals surface area contributed by atoms with Crippen LogP contribution >= 0.6 is 0 Å². The van der Waals surface area contributed by atoms with Crippen LogP contribution < -0.4 is 10.2 Å². The van der Waals surface area contributed by atoms with Gasteiger partial charge in [-0.15, -0.1) is 0 Å².